The van der Waals surface area contributed by atoms with E-state index in [4.69, 9.17) is 4.74 Å². The summed E-state index contributed by atoms with van der Waals surface area (Å²) >= 11 is 0. The number of carbonyl (C=O) groups is 1. The Morgan fingerprint density at radius 2 is 1.48 bits per heavy atom. The van der Waals surface area contributed by atoms with Gasteiger partial charge in [0.2, 0.25) is 0 Å². The lowest BCUT2D eigenvalue weighted by molar-refractivity contribution is -0.146. The van der Waals surface area contributed by atoms with Gasteiger partial charge in [0.1, 0.15) is 6.61 Å². The van der Waals surface area contributed by atoms with Crippen molar-refractivity contribution in [1.82, 2.24) is 0 Å². The smallest absolute Gasteiger partial charge is 0.306 e. The summed E-state index contributed by atoms with van der Waals surface area (Å²) in [6.45, 7) is 5.42. The Hall–Kier alpha value is -1.89. The van der Waals surface area contributed by atoms with Gasteiger partial charge in [0, 0.05) is 7.11 Å². The monoisotopic (exact) mass is 334 g/mol. The topological polar surface area (TPSA) is 35.5 Å². The molecule has 7 heteroatoms. The average molecular weight is 334 g/mol. The molecule has 0 saturated carbocycles. The largest absolute Gasteiger partial charge is 0.461 e. The van der Waals surface area contributed by atoms with E-state index >= 15 is 0 Å². The molecule has 0 N–H and O–H groups in total. The average Bonchev–Trinajstić information content (AvgIpc) is 2.49. The molecule has 23 heavy (non-hydrogen) atoms. The normalized spacial score (nSPS) is 11.4. The first kappa shape index (κ1) is 19.2. The lowest BCUT2D eigenvalue weighted by Crippen LogP contribution is -2.18. The number of ether oxygens (including phenoxy) is 2. The van der Waals surface area contributed by atoms with E-state index in [1.54, 1.807) is 13.8 Å². The van der Waals surface area contributed by atoms with Crippen LogP contribution in [0.4, 0.5) is 17.6 Å². The Bertz CT molecular complexity index is 583. The van der Waals surface area contributed by atoms with Crippen LogP contribution in [-0.2, 0) is 27.5 Å². The fraction of sp³-hybridized carbons (Fsp3) is 0.438. The highest BCUT2D eigenvalue weighted by Gasteiger charge is 2.26. The van der Waals surface area contributed by atoms with Gasteiger partial charge in [-0.05, 0) is 5.41 Å². The highest BCUT2D eigenvalue weighted by Crippen LogP contribution is 2.26. The fourth-order valence-corrected chi connectivity index (χ4v) is 1.77. The lowest BCUT2D eigenvalue weighted by atomic mass is 9.90. The molecule has 0 spiro atoms. The third kappa shape index (κ3) is 4.54. The van der Waals surface area contributed by atoms with Crippen molar-refractivity contribution in [3.05, 3.63) is 47.1 Å². The Kier molecular flexibility index (Phi) is 6.32. The molecule has 0 aliphatic heterocycles. The van der Waals surface area contributed by atoms with Gasteiger partial charge in [-0.1, -0.05) is 19.9 Å². The van der Waals surface area contributed by atoms with E-state index < -0.39 is 59.0 Å². The molecule has 0 radical (unpaired) electrons. The van der Waals surface area contributed by atoms with Crippen molar-refractivity contribution in [1.29, 1.82) is 0 Å². The molecule has 0 bridgehead atoms. The van der Waals surface area contributed by atoms with Crippen LogP contribution in [0.25, 0.3) is 0 Å². The van der Waals surface area contributed by atoms with Gasteiger partial charge in [0.25, 0.3) is 0 Å². The maximum absolute atomic E-state index is 13.8. The second-order valence-electron chi connectivity index (χ2n) is 5.68. The summed E-state index contributed by atoms with van der Waals surface area (Å²) < 4.78 is 64.3. The quantitative estimate of drug-likeness (QED) is 0.327. The minimum Gasteiger partial charge on any atom is -0.461 e. The maximum Gasteiger partial charge on any atom is 0.306 e. The van der Waals surface area contributed by atoms with E-state index in [9.17, 15) is 22.4 Å². The van der Waals surface area contributed by atoms with E-state index in [0.29, 0.717) is 0 Å². The second-order valence-corrected chi connectivity index (χ2v) is 5.68. The summed E-state index contributed by atoms with van der Waals surface area (Å²) in [5.74, 6) is -7.11. The Labute approximate surface area is 131 Å². The molecule has 3 nitrogen and oxygen atoms in total. The van der Waals surface area contributed by atoms with Crippen LogP contribution in [0, 0.1) is 28.7 Å². The van der Waals surface area contributed by atoms with Crippen LogP contribution in [0.3, 0.4) is 0 Å². The molecule has 1 rings (SSSR count). The Morgan fingerprint density at radius 3 is 1.87 bits per heavy atom. The van der Waals surface area contributed by atoms with Crippen LogP contribution >= 0.6 is 0 Å². The fourth-order valence-electron chi connectivity index (χ4n) is 1.77. The van der Waals surface area contributed by atoms with Gasteiger partial charge in [-0.25, -0.2) is 17.6 Å². The number of rotatable bonds is 7. The van der Waals surface area contributed by atoms with Gasteiger partial charge in [-0.2, -0.15) is 0 Å². The van der Waals surface area contributed by atoms with Gasteiger partial charge in [-0.3, -0.25) is 4.79 Å². The van der Waals surface area contributed by atoms with Crippen molar-refractivity contribution in [3.63, 3.8) is 0 Å². The zero-order valence-electron chi connectivity index (χ0n) is 13.1. The number of hydrogen-bond donors (Lipinski definition) is 0. The van der Waals surface area contributed by atoms with Crippen molar-refractivity contribution in [2.75, 3.05) is 7.11 Å². The molecule has 0 fully saturated rings. The van der Waals surface area contributed by atoms with E-state index in [1.807, 2.05) is 0 Å². The van der Waals surface area contributed by atoms with Gasteiger partial charge < -0.3 is 9.47 Å². The minimum atomic E-state index is -1.60. The van der Waals surface area contributed by atoms with Crippen molar-refractivity contribution in [2.45, 2.75) is 33.5 Å². The summed E-state index contributed by atoms with van der Waals surface area (Å²) in [7, 11) is 1.13. The number of carbonyl (C=O) groups excluding carboxylic acids is 1. The van der Waals surface area contributed by atoms with Crippen LogP contribution in [0.5, 0.6) is 0 Å². The van der Waals surface area contributed by atoms with E-state index in [1.165, 1.54) is 6.08 Å². The predicted molar refractivity (Wildman–Crippen MR) is 75.4 cm³/mol. The minimum absolute atomic E-state index is 0.0908. The summed E-state index contributed by atoms with van der Waals surface area (Å²) in [5.41, 5.74) is -2.41. The van der Waals surface area contributed by atoms with Crippen molar-refractivity contribution in [2.24, 2.45) is 5.41 Å². The molecule has 0 aromatic heterocycles. The van der Waals surface area contributed by atoms with Crippen molar-refractivity contribution >= 4 is 5.97 Å². The zero-order chi connectivity index (χ0) is 17.8. The summed E-state index contributed by atoms with van der Waals surface area (Å²) in [4.78, 5) is 11.6. The van der Waals surface area contributed by atoms with Gasteiger partial charge in [0.15, 0.2) is 23.3 Å². The molecule has 1 aromatic carbocycles. The van der Waals surface area contributed by atoms with Gasteiger partial charge in [-0.15, -0.1) is 6.58 Å². The third-order valence-electron chi connectivity index (χ3n) is 3.26. The van der Waals surface area contributed by atoms with E-state index in [0.717, 1.165) is 7.11 Å². The van der Waals surface area contributed by atoms with E-state index in [-0.39, 0.29) is 6.42 Å². The van der Waals surface area contributed by atoms with Gasteiger partial charge in [0.05, 0.1) is 24.2 Å². The van der Waals surface area contributed by atoms with Crippen LogP contribution in [0.2, 0.25) is 0 Å². The standard InChI is InChI=1S/C16H18F4O3/c1-5-16(2,3)6-11(21)23-8-10-14(19)12(17)9(7-22-4)13(18)15(10)20/h5H,1,6-8H2,2-4H3. The first-order chi connectivity index (χ1) is 10.6. The number of benzene rings is 1. The number of methoxy groups -OCH3 is 1. The number of hydrogen-bond acceptors (Lipinski definition) is 3. The summed E-state index contributed by atoms with van der Waals surface area (Å²) in [5, 5.41) is 0. The highest BCUT2D eigenvalue weighted by atomic mass is 19.2. The molecule has 0 saturated heterocycles. The molecule has 0 aliphatic carbocycles. The molecular weight excluding hydrogens is 316 g/mol. The molecular formula is C16H18F4O3. The summed E-state index contributed by atoms with van der Waals surface area (Å²) in [6.07, 6.45) is 1.43. The van der Waals surface area contributed by atoms with Crippen LogP contribution in [0.1, 0.15) is 31.4 Å². The summed E-state index contributed by atoms with van der Waals surface area (Å²) in [6, 6.07) is 0. The number of esters is 1. The first-order valence-electron chi connectivity index (χ1n) is 6.76. The number of halogens is 4. The van der Waals surface area contributed by atoms with Crippen LogP contribution in [-0.4, -0.2) is 13.1 Å². The molecule has 128 valence electrons. The molecule has 0 amide bonds. The van der Waals surface area contributed by atoms with Gasteiger partial charge >= 0.3 is 5.97 Å². The molecule has 1 aromatic rings. The van der Waals surface area contributed by atoms with E-state index in [2.05, 4.69) is 11.3 Å². The van der Waals surface area contributed by atoms with Crippen molar-refractivity contribution < 1.29 is 31.8 Å². The van der Waals surface area contributed by atoms with Crippen LogP contribution < -0.4 is 0 Å². The Balaban J connectivity index is 2.98. The first-order valence-corrected chi connectivity index (χ1v) is 6.76. The zero-order valence-corrected chi connectivity index (χ0v) is 13.1. The molecule has 0 unspecified atom stereocenters. The maximum atomic E-state index is 13.8. The van der Waals surface area contributed by atoms with Crippen molar-refractivity contribution in [3.8, 4) is 0 Å². The van der Waals surface area contributed by atoms with Crippen LogP contribution in [0.15, 0.2) is 12.7 Å². The molecule has 0 aliphatic rings. The molecule has 0 atom stereocenters. The number of allylic oxidation sites excluding steroid dienone is 1. The second kappa shape index (κ2) is 7.59. The molecule has 0 heterocycles. The predicted octanol–water partition coefficient (Wildman–Crippen LogP) is 4.03. The Morgan fingerprint density at radius 1 is 1.04 bits per heavy atom. The SMILES string of the molecule is C=CC(C)(C)CC(=O)OCc1c(F)c(F)c(COC)c(F)c1F. The highest BCUT2D eigenvalue weighted by molar-refractivity contribution is 5.70. The lowest BCUT2D eigenvalue weighted by Gasteiger charge is -2.18. The third-order valence-corrected chi connectivity index (χ3v) is 3.26.